The van der Waals surface area contributed by atoms with Gasteiger partial charge in [0, 0.05) is 0 Å². The first kappa shape index (κ1) is 13.7. The van der Waals surface area contributed by atoms with E-state index in [-0.39, 0.29) is 5.60 Å². The van der Waals surface area contributed by atoms with Crippen LogP contribution >= 0.6 is 0 Å². The standard InChI is InChI=1S/C14H19NO2/c1-14(2,3)17-8-7-16-11-13-6-4-5-12(9-13)10-15/h4-6,9H,7-8,11H2,1-3H3. The molecule has 0 fully saturated rings. The molecule has 3 nitrogen and oxygen atoms in total. The van der Waals surface area contributed by atoms with Gasteiger partial charge in [-0.05, 0) is 38.5 Å². The Hall–Kier alpha value is -1.37. The quantitative estimate of drug-likeness (QED) is 0.734. The maximum atomic E-state index is 8.75. The van der Waals surface area contributed by atoms with Crippen molar-refractivity contribution in [2.45, 2.75) is 33.0 Å². The molecule has 1 aromatic rings. The van der Waals surface area contributed by atoms with Crippen LogP contribution in [-0.2, 0) is 16.1 Å². The van der Waals surface area contributed by atoms with Crippen LogP contribution in [0.25, 0.3) is 0 Å². The molecule has 1 rings (SSSR count). The fraction of sp³-hybridized carbons (Fsp3) is 0.500. The van der Waals surface area contributed by atoms with Crippen molar-refractivity contribution in [3.8, 4) is 6.07 Å². The van der Waals surface area contributed by atoms with Gasteiger partial charge in [-0.3, -0.25) is 0 Å². The zero-order valence-electron chi connectivity index (χ0n) is 10.7. The van der Waals surface area contributed by atoms with Crippen LogP contribution in [0.15, 0.2) is 24.3 Å². The van der Waals surface area contributed by atoms with Gasteiger partial charge in [0.1, 0.15) is 0 Å². The molecular weight excluding hydrogens is 214 g/mol. The highest BCUT2D eigenvalue weighted by Crippen LogP contribution is 2.07. The molecular formula is C14H19NO2. The largest absolute Gasteiger partial charge is 0.374 e. The lowest BCUT2D eigenvalue weighted by molar-refractivity contribution is -0.0376. The fourth-order valence-corrected chi connectivity index (χ4v) is 1.33. The highest BCUT2D eigenvalue weighted by Gasteiger charge is 2.08. The van der Waals surface area contributed by atoms with Crippen LogP contribution in [0.2, 0.25) is 0 Å². The Balaban J connectivity index is 2.25. The number of nitrogens with zero attached hydrogens (tertiary/aromatic N) is 1. The second-order valence-electron chi connectivity index (χ2n) is 4.83. The van der Waals surface area contributed by atoms with Crippen molar-refractivity contribution in [1.29, 1.82) is 5.26 Å². The van der Waals surface area contributed by atoms with Crippen LogP contribution in [0, 0.1) is 11.3 Å². The summed E-state index contributed by atoms with van der Waals surface area (Å²) >= 11 is 0. The van der Waals surface area contributed by atoms with E-state index in [4.69, 9.17) is 14.7 Å². The maximum absolute atomic E-state index is 8.75. The van der Waals surface area contributed by atoms with Gasteiger partial charge in [0.05, 0.1) is 37.1 Å². The summed E-state index contributed by atoms with van der Waals surface area (Å²) in [6, 6.07) is 9.54. The third-order valence-corrected chi connectivity index (χ3v) is 2.09. The summed E-state index contributed by atoms with van der Waals surface area (Å²) in [4.78, 5) is 0. The molecule has 17 heavy (non-hydrogen) atoms. The highest BCUT2D eigenvalue weighted by atomic mass is 16.5. The predicted octanol–water partition coefficient (Wildman–Crippen LogP) is 2.89. The second-order valence-corrected chi connectivity index (χ2v) is 4.83. The molecule has 0 heterocycles. The van der Waals surface area contributed by atoms with E-state index < -0.39 is 0 Å². The molecule has 1 aromatic carbocycles. The molecule has 0 saturated carbocycles. The van der Waals surface area contributed by atoms with E-state index in [1.807, 2.05) is 39.0 Å². The average molecular weight is 233 g/mol. The molecule has 0 N–H and O–H groups in total. The van der Waals surface area contributed by atoms with E-state index in [9.17, 15) is 0 Å². The zero-order valence-corrected chi connectivity index (χ0v) is 10.7. The van der Waals surface area contributed by atoms with Crippen molar-refractivity contribution in [2.75, 3.05) is 13.2 Å². The smallest absolute Gasteiger partial charge is 0.0991 e. The topological polar surface area (TPSA) is 42.2 Å². The summed E-state index contributed by atoms with van der Waals surface area (Å²) in [5.41, 5.74) is 1.56. The van der Waals surface area contributed by atoms with E-state index in [1.165, 1.54) is 0 Å². The van der Waals surface area contributed by atoms with Gasteiger partial charge in [-0.1, -0.05) is 12.1 Å². The Kier molecular flexibility index (Phi) is 5.14. The Labute approximate surface area is 103 Å². The minimum Gasteiger partial charge on any atom is -0.374 e. The molecule has 0 aliphatic heterocycles. The van der Waals surface area contributed by atoms with Crippen molar-refractivity contribution in [3.05, 3.63) is 35.4 Å². The molecule has 3 heteroatoms. The molecule has 0 aliphatic carbocycles. The number of nitriles is 1. The van der Waals surface area contributed by atoms with Gasteiger partial charge in [0.25, 0.3) is 0 Å². The average Bonchev–Trinajstić information content (AvgIpc) is 2.27. The van der Waals surface area contributed by atoms with Crippen molar-refractivity contribution in [2.24, 2.45) is 0 Å². The SMILES string of the molecule is CC(C)(C)OCCOCc1cccc(C#N)c1. The number of benzene rings is 1. The number of rotatable bonds is 5. The van der Waals surface area contributed by atoms with E-state index in [0.717, 1.165) is 5.56 Å². The van der Waals surface area contributed by atoms with E-state index in [1.54, 1.807) is 6.07 Å². The minimum atomic E-state index is -0.121. The van der Waals surface area contributed by atoms with Gasteiger partial charge in [0.15, 0.2) is 0 Å². The molecule has 0 spiro atoms. The normalized spacial score (nSPS) is 11.2. The van der Waals surface area contributed by atoms with E-state index in [2.05, 4.69) is 6.07 Å². The second kappa shape index (κ2) is 6.39. The Morgan fingerprint density at radius 1 is 1.24 bits per heavy atom. The molecule has 0 aliphatic rings. The first-order valence-corrected chi connectivity index (χ1v) is 5.72. The number of hydrogen-bond donors (Lipinski definition) is 0. The lowest BCUT2D eigenvalue weighted by Gasteiger charge is -2.19. The summed E-state index contributed by atoms with van der Waals surface area (Å²) in [5, 5.41) is 8.75. The first-order chi connectivity index (χ1) is 8.01. The number of hydrogen-bond acceptors (Lipinski definition) is 3. The maximum Gasteiger partial charge on any atom is 0.0991 e. The fourth-order valence-electron chi connectivity index (χ4n) is 1.33. The van der Waals surface area contributed by atoms with Crippen LogP contribution in [0.1, 0.15) is 31.9 Å². The van der Waals surface area contributed by atoms with Gasteiger partial charge in [-0.25, -0.2) is 0 Å². The molecule has 0 unspecified atom stereocenters. The molecule has 92 valence electrons. The van der Waals surface area contributed by atoms with Gasteiger partial charge >= 0.3 is 0 Å². The lowest BCUT2D eigenvalue weighted by Crippen LogP contribution is -2.21. The van der Waals surface area contributed by atoms with Gasteiger partial charge < -0.3 is 9.47 Å². The van der Waals surface area contributed by atoms with Crippen LogP contribution < -0.4 is 0 Å². The first-order valence-electron chi connectivity index (χ1n) is 5.72. The van der Waals surface area contributed by atoms with Crippen molar-refractivity contribution >= 4 is 0 Å². The Morgan fingerprint density at radius 2 is 2.00 bits per heavy atom. The third-order valence-electron chi connectivity index (χ3n) is 2.09. The molecule has 0 aromatic heterocycles. The molecule has 0 saturated heterocycles. The summed E-state index contributed by atoms with van der Waals surface area (Å²) in [6.45, 7) is 7.72. The number of ether oxygens (including phenoxy) is 2. The highest BCUT2D eigenvalue weighted by molar-refractivity contribution is 5.32. The van der Waals surface area contributed by atoms with Crippen LogP contribution in [-0.4, -0.2) is 18.8 Å². The predicted molar refractivity (Wildman–Crippen MR) is 66.5 cm³/mol. The van der Waals surface area contributed by atoms with E-state index >= 15 is 0 Å². The molecule has 0 atom stereocenters. The van der Waals surface area contributed by atoms with Crippen LogP contribution in [0.3, 0.4) is 0 Å². The van der Waals surface area contributed by atoms with Crippen molar-refractivity contribution in [1.82, 2.24) is 0 Å². The lowest BCUT2D eigenvalue weighted by atomic mass is 10.1. The molecule has 0 amide bonds. The zero-order chi connectivity index (χ0) is 12.7. The summed E-state index contributed by atoms with van der Waals surface area (Å²) in [7, 11) is 0. The van der Waals surface area contributed by atoms with Crippen molar-refractivity contribution < 1.29 is 9.47 Å². The summed E-state index contributed by atoms with van der Waals surface area (Å²) < 4.78 is 11.0. The van der Waals surface area contributed by atoms with Gasteiger partial charge in [-0.2, -0.15) is 5.26 Å². The summed E-state index contributed by atoms with van der Waals surface area (Å²) in [5.74, 6) is 0. The monoisotopic (exact) mass is 233 g/mol. The Morgan fingerprint density at radius 3 is 2.65 bits per heavy atom. The van der Waals surface area contributed by atoms with Gasteiger partial charge in [-0.15, -0.1) is 0 Å². The summed E-state index contributed by atoms with van der Waals surface area (Å²) in [6.07, 6.45) is 0. The van der Waals surface area contributed by atoms with Crippen LogP contribution in [0.4, 0.5) is 0 Å². The van der Waals surface area contributed by atoms with Crippen molar-refractivity contribution in [3.63, 3.8) is 0 Å². The van der Waals surface area contributed by atoms with Gasteiger partial charge in [0.2, 0.25) is 0 Å². The van der Waals surface area contributed by atoms with Crippen LogP contribution in [0.5, 0.6) is 0 Å². The molecule has 0 bridgehead atoms. The minimum absolute atomic E-state index is 0.121. The van der Waals surface area contributed by atoms with E-state index in [0.29, 0.717) is 25.4 Å². The third kappa shape index (κ3) is 6.06. The Bertz CT molecular complexity index is 388. The molecule has 0 radical (unpaired) electrons.